The predicted octanol–water partition coefficient (Wildman–Crippen LogP) is 24.9. The highest BCUT2D eigenvalue weighted by Crippen LogP contribution is 2.48. The lowest BCUT2D eigenvalue weighted by molar-refractivity contribution is 0.568. The van der Waals surface area contributed by atoms with Crippen molar-refractivity contribution in [3.8, 4) is 0 Å². The lowest BCUT2D eigenvalue weighted by Gasteiger charge is -2.31. The van der Waals surface area contributed by atoms with E-state index in [0.29, 0.717) is 0 Å². The average molecular weight is 1150 g/mol. The van der Waals surface area contributed by atoms with Gasteiger partial charge < -0.3 is 27.5 Å². The summed E-state index contributed by atoms with van der Waals surface area (Å²) in [5.41, 5.74) is 17.6. The summed E-state index contributed by atoms with van der Waals surface area (Å²) in [6, 6.07) is 75.5. The Morgan fingerprint density at radius 2 is 0.432 bits per heavy atom. The normalized spacial score (nSPS) is 13.0. The Morgan fingerprint density at radius 1 is 0.205 bits per heavy atom. The Bertz CT molecular complexity index is 5170. The fourth-order valence-corrected chi connectivity index (χ4v) is 13.3. The molecule has 16 rings (SSSR count). The van der Waals surface area contributed by atoms with Crippen molar-refractivity contribution < 1.29 is 17.7 Å². The van der Waals surface area contributed by atoms with Crippen molar-refractivity contribution in [1.82, 2.24) is 0 Å². The zero-order chi connectivity index (χ0) is 60.5. The van der Waals surface area contributed by atoms with Gasteiger partial charge in [0.05, 0.1) is 0 Å². The van der Waals surface area contributed by atoms with Crippen LogP contribution in [0.2, 0.25) is 0 Å². The third-order valence-electron chi connectivity index (χ3n) is 18.5. The van der Waals surface area contributed by atoms with Crippen molar-refractivity contribution >= 4 is 154 Å². The van der Waals surface area contributed by atoms with Gasteiger partial charge in [-0.1, -0.05) is 144 Å². The van der Waals surface area contributed by atoms with E-state index >= 15 is 0 Å². The van der Waals surface area contributed by atoms with Gasteiger partial charge in [0.15, 0.2) is 0 Å². The maximum atomic E-state index is 6.97. The van der Waals surface area contributed by atoms with Gasteiger partial charge in [-0.05, 0) is 198 Å². The van der Waals surface area contributed by atoms with E-state index in [4.69, 9.17) is 17.7 Å². The smallest absolute Gasteiger partial charge is 0.137 e. The summed E-state index contributed by atoms with van der Waals surface area (Å²) in [7, 11) is 0. The van der Waals surface area contributed by atoms with E-state index in [1.165, 1.54) is 33.0 Å². The quantitative estimate of drug-likeness (QED) is 0.165. The van der Waals surface area contributed by atoms with Crippen LogP contribution in [0.4, 0.5) is 34.1 Å². The molecule has 16 aromatic rings. The van der Waals surface area contributed by atoms with Gasteiger partial charge in [-0.15, -0.1) is 0 Å². The molecule has 0 aliphatic rings. The number of rotatable bonds is 6. The fourth-order valence-electron chi connectivity index (χ4n) is 13.3. The van der Waals surface area contributed by atoms with Gasteiger partial charge >= 0.3 is 0 Å². The molecule has 0 saturated carbocycles. The van der Waals surface area contributed by atoms with Gasteiger partial charge in [0, 0.05) is 101 Å². The molecule has 0 bridgehead atoms. The lowest BCUT2D eigenvalue weighted by Crippen LogP contribution is -2.19. The molecule has 4 aromatic heterocycles. The van der Waals surface area contributed by atoms with Crippen molar-refractivity contribution in [2.75, 3.05) is 9.80 Å². The van der Waals surface area contributed by atoms with Crippen LogP contribution >= 0.6 is 0 Å². The second kappa shape index (κ2) is 18.9. The van der Waals surface area contributed by atoms with E-state index in [-0.39, 0.29) is 21.7 Å². The van der Waals surface area contributed by atoms with E-state index in [1.54, 1.807) is 0 Å². The highest BCUT2D eigenvalue weighted by Gasteiger charge is 2.28. The summed E-state index contributed by atoms with van der Waals surface area (Å²) in [4.78, 5) is 4.74. The fraction of sp³-hybridized carbons (Fsp3) is 0.195. The Balaban J connectivity index is 0.814. The van der Waals surface area contributed by atoms with Crippen molar-refractivity contribution in [3.63, 3.8) is 0 Å². The Labute approximate surface area is 512 Å². The molecule has 0 unspecified atom stereocenters. The molecule has 88 heavy (non-hydrogen) atoms. The van der Waals surface area contributed by atoms with Crippen molar-refractivity contribution in [2.45, 2.75) is 105 Å². The Kier molecular flexibility index (Phi) is 11.5. The molecule has 0 aliphatic heterocycles. The molecule has 0 fully saturated rings. The third kappa shape index (κ3) is 8.89. The van der Waals surface area contributed by atoms with Gasteiger partial charge in [-0.25, -0.2) is 0 Å². The van der Waals surface area contributed by atoms with E-state index < -0.39 is 0 Å². The lowest BCUT2D eigenvalue weighted by atomic mass is 9.80. The Hall–Kier alpha value is -9.78. The van der Waals surface area contributed by atoms with E-state index in [1.807, 2.05) is 0 Å². The first-order valence-corrected chi connectivity index (χ1v) is 30.9. The van der Waals surface area contributed by atoms with Gasteiger partial charge in [-0.3, -0.25) is 0 Å². The molecule has 0 N–H and O–H groups in total. The molecular formula is C82H70N2O4. The first-order valence-electron chi connectivity index (χ1n) is 30.9. The summed E-state index contributed by atoms with van der Waals surface area (Å²) in [5.74, 6) is 0. The summed E-state index contributed by atoms with van der Waals surface area (Å²) in [5, 5.41) is 15.5. The summed E-state index contributed by atoms with van der Waals surface area (Å²) >= 11 is 0. The second-order valence-corrected chi connectivity index (χ2v) is 28.8. The topological polar surface area (TPSA) is 59.0 Å². The van der Waals surface area contributed by atoms with Gasteiger partial charge in [0.1, 0.15) is 44.7 Å². The van der Waals surface area contributed by atoms with Crippen LogP contribution in [0, 0.1) is 0 Å². The van der Waals surface area contributed by atoms with Crippen LogP contribution < -0.4 is 9.80 Å². The van der Waals surface area contributed by atoms with Crippen LogP contribution in [0.25, 0.3) is 120 Å². The number of benzene rings is 12. The van der Waals surface area contributed by atoms with Crippen molar-refractivity contribution in [3.05, 3.63) is 229 Å². The van der Waals surface area contributed by atoms with Crippen molar-refractivity contribution in [2.24, 2.45) is 0 Å². The number of anilines is 6. The minimum atomic E-state index is -0.0886. The summed E-state index contributed by atoms with van der Waals surface area (Å²) in [6.07, 6.45) is 0. The maximum Gasteiger partial charge on any atom is 0.137 e. The number of hydrogen-bond acceptors (Lipinski definition) is 6. The number of nitrogens with zero attached hydrogens (tertiary/aromatic N) is 2. The van der Waals surface area contributed by atoms with Crippen LogP contribution in [0.1, 0.15) is 105 Å². The van der Waals surface area contributed by atoms with Gasteiger partial charge in [0.25, 0.3) is 0 Å². The molecule has 0 aliphatic carbocycles. The molecular weight excluding hydrogens is 1080 g/mol. The van der Waals surface area contributed by atoms with Crippen molar-refractivity contribution in [1.29, 1.82) is 0 Å². The second-order valence-electron chi connectivity index (χ2n) is 28.8. The van der Waals surface area contributed by atoms with Gasteiger partial charge in [-0.2, -0.15) is 0 Å². The van der Waals surface area contributed by atoms with E-state index in [2.05, 4.69) is 299 Å². The Morgan fingerprint density at radius 3 is 0.693 bits per heavy atom. The largest absolute Gasteiger partial charge is 0.456 e. The SMILES string of the molecule is CC(C)(C)c1cc(N(c2ccc3c(c2)oc2cc4ccccc4cc23)c2ccc3c(c2)oc2cc4cc5c(cc4cc23)oc2cc(N(c3cc(C(C)(C)C)cc(C(C)(C)C)c3)c3ccc4c(c3)oc3cc6ccccc6cc34)ccc25)cc(C(C)(C)C)c1. The number of fused-ring (bicyclic) bond motifs is 15. The molecule has 432 valence electrons. The minimum Gasteiger partial charge on any atom is -0.456 e. The molecule has 6 heteroatoms. The standard InChI is InChI=1S/C82H70N2O4/c1-79(2,3)53-37-54(80(4,5)6)40-61(39-53)83(57-21-25-63-67-29-47-17-13-15-19-49(47)33-71(67)85-75(63)43-57)59-23-27-65-69-31-51-36-74-70(32-52(51)35-73(69)87-77(65)45-59)66-28-24-60(46-78(66)88-74)84(62-41-55(81(7,8)9)38-56(42-62)82(10,11)12)58-22-26-64-68-30-48-18-14-16-20-50(48)34-72(68)86-76(64)44-58/h13-46H,1-12H3. The van der Waals surface area contributed by atoms with Crippen LogP contribution in [0.15, 0.2) is 224 Å². The van der Waals surface area contributed by atoms with Crippen LogP contribution in [-0.2, 0) is 21.7 Å². The molecule has 0 saturated heterocycles. The third-order valence-corrected chi connectivity index (χ3v) is 18.5. The zero-order valence-electron chi connectivity index (χ0n) is 52.2. The first-order chi connectivity index (χ1) is 42.0. The molecule has 6 nitrogen and oxygen atoms in total. The maximum absolute atomic E-state index is 6.97. The highest BCUT2D eigenvalue weighted by atomic mass is 16.3. The molecule has 0 radical (unpaired) electrons. The summed E-state index contributed by atoms with van der Waals surface area (Å²) < 4.78 is 27.4. The first kappa shape index (κ1) is 53.7. The van der Waals surface area contributed by atoms with Crippen LogP contribution in [0.3, 0.4) is 0 Å². The molecule has 0 amide bonds. The zero-order valence-corrected chi connectivity index (χ0v) is 52.2. The average Bonchev–Trinajstić information content (AvgIpc) is 2.21. The van der Waals surface area contributed by atoms with Crippen LogP contribution in [-0.4, -0.2) is 0 Å². The molecule has 0 spiro atoms. The molecule has 4 heterocycles. The van der Waals surface area contributed by atoms with E-state index in [9.17, 15) is 0 Å². The molecule has 12 aromatic carbocycles. The summed E-state index contributed by atoms with van der Waals surface area (Å²) in [6.45, 7) is 27.6. The van der Waals surface area contributed by atoms with E-state index in [0.717, 1.165) is 143 Å². The molecule has 0 atom stereocenters. The van der Waals surface area contributed by atoms with Crippen LogP contribution in [0.5, 0.6) is 0 Å². The van der Waals surface area contributed by atoms with Gasteiger partial charge in [0.2, 0.25) is 0 Å². The number of furan rings is 4. The monoisotopic (exact) mass is 1150 g/mol. The highest BCUT2D eigenvalue weighted by molar-refractivity contribution is 6.17. The number of hydrogen-bond donors (Lipinski definition) is 0. The minimum absolute atomic E-state index is 0.0886. The predicted molar refractivity (Wildman–Crippen MR) is 372 cm³/mol.